The number of carbonyl (C=O) groups is 1. The number of aliphatic carboxylic acids is 1. The van der Waals surface area contributed by atoms with Crippen molar-refractivity contribution < 1.29 is 9.90 Å². The van der Waals surface area contributed by atoms with Gasteiger partial charge in [-0.15, -0.1) is 0 Å². The number of carboxylic acids is 1. The molecule has 2 aromatic carbocycles. The average Bonchev–Trinajstić information content (AvgIpc) is 2.56. The van der Waals surface area contributed by atoms with Crippen LogP contribution in [0.5, 0.6) is 0 Å². The van der Waals surface area contributed by atoms with E-state index in [-0.39, 0.29) is 12.3 Å². The van der Waals surface area contributed by atoms with Crippen molar-refractivity contribution in [2.75, 3.05) is 0 Å². The molecule has 3 rings (SSSR count). The molecule has 1 aliphatic rings. The number of carboxylic acid groups (broad SMARTS) is 1. The molecule has 0 radical (unpaired) electrons. The molecule has 0 saturated carbocycles. The summed E-state index contributed by atoms with van der Waals surface area (Å²) in [5, 5.41) is 10.3. The van der Waals surface area contributed by atoms with Gasteiger partial charge in [-0.1, -0.05) is 53.5 Å². The van der Waals surface area contributed by atoms with Crippen molar-refractivity contribution in [1.29, 1.82) is 0 Å². The summed E-state index contributed by atoms with van der Waals surface area (Å²) in [6.45, 7) is 0. The summed E-state index contributed by atoms with van der Waals surface area (Å²) in [5.41, 5.74) is 3.97. The summed E-state index contributed by atoms with van der Waals surface area (Å²) >= 11 is 12.1. The van der Waals surface area contributed by atoms with E-state index in [9.17, 15) is 9.90 Å². The zero-order valence-corrected chi connectivity index (χ0v) is 14.5. The fraction of sp³-hybridized carbons (Fsp3) is 0.263. The average molecular weight is 362 g/mol. The Morgan fingerprint density at radius 3 is 2.54 bits per heavy atom. The quantitative estimate of drug-likeness (QED) is 0.746. The van der Waals surface area contributed by atoms with E-state index in [1.807, 2.05) is 36.4 Å². The Balaban J connectivity index is 1.86. The molecule has 3 nitrogen and oxygen atoms in total. The molecular formula is C19H17Cl2NO2. The summed E-state index contributed by atoms with van der Waals surface area (Å²) < 4.78 is 0. The fourth-order valence-corrected chi connectivity index (χ4v) is 3.41. The van der Waals surface area contributed by atoms with Gasteiger partial charge in [0.25, 0.3) is 0 Å². The van der Waals surface area contributed by atoms with Gasteiger partial charge >= 0.3 is 5.97 Å². The van der Waals surface area contributed by atoms with E-state index < -0.39 is 5.97 Å². The van der Waals surface area contributed by atoms with Crippen molar-refractivity contribution in [2.45, 2.75) is 31.6 Å². The maximum atomic E-state index is 11.2. The van der Waals surface area contributed by atoms with E-state index in [4.69, 9.17) is 28.2 Å². The standard InChI is InChI=1S/C19H17Cl2NO2/c20-16-9-13-6-7-15(22-18(13)11-17(16)21)8-14(10-19(23)24)12-4-2-1-3-5-12/h1-5,9,11,14H,6-8,10H2,(H,23,24). The van der Waals surface area contributed by atoms with Crippen molar-refractivity contribution in [3.63, 3.8) is 0 Å². The van der Waals surface area contributed by atoms with Crippen molar-refractivity contribution in [3.05, 3.63) is 63.6 Å². The highest BCUT2D eigenvalue weighted by atomic mass is 35.5. The molecule has 24 heavy (non-hydrogen) atoms. The smallest absolute Gasteiger partial charge is 0.303 e. The third-order valence-electron chi connectivity index (χ3n) is 4.26. The number of rotatable bonds is 5. The molecule has 1 aliphatic heterocycles. The lowest BCUT2D eigenvalue weighted by molar-refractivity contribution is -0.137. The third kappa shape index (κ3) is 3.97. The maximum absolute atomic E-state index is 11.2. The predicted molar refractivity (Wildman–Crippen MR) is 97.9 cm³/mol. The highest BCUT2D eigenvalue weighted by Crippen LogP contribution is 2.36. The zero-order valence-electron chi connectivity index (χ0n) is 13.0. The van der Waals surface area contributed by atoms with Crippen molar-refractivity contribution in [2.24, 2.45) is 4.99 Å². The number of aryl methyl sites for hydroxylation is 1. The Kier molecular flexibility index (Phi) is 5.22. The number of hydrogen-bond acceptors (Lipinski definition) is 2. The van der Waals surface area contributed by atoms with Crippen LogP contribution in [0.25, 0.3) is 0 Å². The molecule has 1 N–H and O–H groups in total. The molecule has 0 bridgehead atoms. The first-order chi connectivity index (χ1) is 11.5. The molecular weight excluding hydrogens is 345 g/mol. The first kappa shape index (κ1) is 17.0. The van der Waals surface area contributed by atoms with Crippen molar-refractivity contribution in [3.8, 4) is 0 Å². The van der Waals surface area contributed by atoms with E-state index in [2.05, 4.69) is 0 Å². The zero-order chi connectivity index (χ0) is 17.1. The molecule has 124 valence electrons. The Labute approximate surface area is 150 Å². The molecule has 1 heterocycles. The van der Waals surface area contributed by atoms with E-state index in [0.717, 1.165) is 35.4 Å². The van der Waals surface area contributed by atoms with Gasteiger partial charge < -0.3 is 5.11 Å². The van der Waals surface area contributed by atoms with Gasteiger partial charge in [0.1, 0.15) is 0 Å². The molecule has 2 aromatic rings. The van der Waals surface area contributed by atoms with Gasteiger partial charge in [0.05, 0.1) is 22.2 Å². The second-order valence-electron chi connectivity index (χ2n) is 5.98. The monoisotopic (exact) mass is 361 g/mol. The lowest BCUT2D eigenvalue weighted by Gasteiger charge is -2.21. The molecule has 0 spiro atoms. The number of fused-ring (bicyclic) bond motifs is 1. The lowest BCUT2D eigenvalue weighted by Crippen LogP contribution is -2.14. The summed E-state index contributed by atoms with van der Waals surface area (Å²) in [6.07, 6.45) is 2.39. The SMILES string of the molecule is O=C(O)CC(CC1=Nc2cc(Cl)c(Cl)cc2CC1)c1ccccc1. The van der Waals surface area contributed by atoms with Gasteiger partial charge in [0.15, 0.2) is 0 Å². The lowest BCUT2D eigenvalue weighted by atomic mass is 9.88. The summed E-state index contributed by atoms with van der Waals surface area (Å²) in [4.78, 5) is 15.9. The van der Waals surface area contributed by atoms with Crippen LogP contribution in [0.1, 0.15) is 36.3 Å². The van der Waals surface area contributed by atoms with Crippen LogP contribution in [0, 0.1) is 0 Å². The van der Waals surface area contributed by atoms with E-state index in [1.165, 1.54) is 0 Å². The maximum Gasteiger partial charge on any atom is 0.303 e. The number of halogens is 2. The fourth-order valence-electron chi connectivity index (χ4n) is 3.06. The minimum Gasteiger partial charge on any atom is -0.481 e. The van der Waals surface area contributed by atoms with Gasteiger partial charge in [-0.2, -0.15) is 0 Å². The molecule has 5 heteroatoms. The normalized spacial score (nSPS) is 14.7. The summed E-state index contributed by atoms with van der Waals surface area (Å²) in [7, 11) is 0. The molecule has 1 unspecified atom stereocenters. The topological polar surface area (TPSA) is 49.7 Å². The van der Waals surface area contributed by atoms with Crippen LogP contribution in [0.3, 0.4) is 0 Å². The van der Waals surface area contributed by atoms with E-state index in [1.54, 1.807) is 6.07 Å². The molecule has 0 fully saturated rings. The largest absolute Gasteiger partial charge is 0.481 e. The third-order valence-corrected chi connectivity index (χ3v) is 4.98. The molecule has 0 amide bonds. The van der Waals surface area contributed by atoms with Crippen LogP contribution >= 0.6 is 23.2 Å². The number of benzene rings is 2. The van der Waals surface area contributed by atoms with E-state index >= 15 is 0 Å². The van der Waals surface area contributed by atoms with Crippen LogP contribution in [0.4, 0.5) is 5.69 Å². The molecule has 0 saturated heterocycles. The van der Waals surface area contributed by atoms with Crippen LogP contribution in [0.2, 0.25) is 10.0 Å². The van der Waals surface area contributed by atoms with Crippen LogP contribution in [0.15, 0.2) is 47.5 Å². The van der Waals surface area contributed by atoms with Gasteiger partial charge in [-0.3, -0.25) is 9.79 Å². The van der Waals surface area contributed by atoms with Crippen molar-refractivity contribution >= 4 is 40.6 Å². The number of nitrogens with zero attached hydrogens (tertiary/aromatic N) is 1. The van der Waals surface area contributed by atoms with Crippen molar-refractivity contribution in [1.82, 2.24) is 0 Å². The Morgan fingerprint density at radius 2 is 1.83 bits per heavy atom. The van der Waals surface area contributed by atoms with Gasteiger partial charge in [0.2, 0.25) is 0 Å². The van der Waals surface area contributed by atoms with E-state index in [0.29, 0.717) is 16.5 Å². The Hall–Kier alpha value is -1.84. The second-order valence-corrected chi connectivity index (χ2v) is 6.80. The number of aliphatic imine (C=N–C) groups is 1. The Morgan fingerprint density at radius 1 is 1.12 bits per heavy atom. The first-order valence-electron chi connectivity index (χ1n) is 7.84. The Bertz CT molecular complexity index is 787. The molecule has 0 aliphatic carbocycles. The molecule has 1 atom stereocenters. The second kappa shape index (κ2) is 7.37. The highest BCUT2D eigenvalue weighted by molar-refractivity contribution is 6.42. The minimum absolute atomic E-state index is 0.0771. The van der Waals surface area contributed by atoms with Gasteiger partial charge in [0, 0.05) is 5.71 Å². The molecule has 0 aromatic heterocycles. The summed E-state index contributed by atoms with van der Waals surface area (Å²) in [6, 6.07) is 13.4. The number of hydrogen-bond donors (Lipinski definition) is 1. The predicted octanol–water partition coefficient (Wildman–Crippen LogP) is 5.66. The first-order valence-corrected chi connectivity index (χ1v) is 8.59. The highest BCUT2D eigenvalue weighted by Gasteiger charge is 2.21. The minimum atomic E-state index is -0.796. The van der Waals surface area contributed by atoms with Crippen LogP contribution < -0.4 is 0 Å². The van der Waals surface area contributed by atoms with Crippen LogP contribution in [-0.4, -0.2) is 16.8 Å². The van der Waals surface area contributed by atoms with Crippen LogP contribution in [-0.2, 0) is 11.2 Å². The van der Waals surface area contributed by atoms with Gasteiger partial charge in [-0.25, -0.2) is 0 Å². The summed E-state index contributed by atoms with van der Waals surface area (Å²) in [5.74, 6) is -0.873. The van der Waals surface area contributed by atoms with Gasteiger partial charge in [-0.05, 0) is 48.4 Å².